The summed E-state index contributed by atoms with van der Waals surface area (Å²) in [6.45, 7) is 12.2. The Bertz CT molecular complexity index is 1360. The minimum atomic E-state index is -0.205. The van der Waals surface area contributed by atoms with Crippen LogP contribution in [0.4, 0.5) is 11.4 Å². The lowest BCUT2D eigenvalue weighted by atomic mass is 9.73. The van der Waals surface area contributed by atoms with Gasteiger partial charge in [0.2, 0.25) is 0 Å². The number of carbonyl (C=O) groups excluding carboxylic acids is 2. The average molecular weight is 569 g/mol. The van der Waals surface area contributed by atoms with Crippen LogP contribution in [0.15, 0.2) is 81.2 Å². The Morgan fingerprint density at radius 1 is 0.619 bits per heavy atom. The van der Waals surface area contributed by atoms with Crippen molar-refractivity contribution in [2.24, 2.45) is 20.8 Å². The van der Waals surface area contributed by atoms with Gasteiger partial charge in [0.1, 0.15) is 11.5 Å². The van der Waals surface area contributed by atoms with Gasteiger partial charge in [0.15, 0.2) is 11.6 Å². The average Bonchev–Trinajstić information content (AvgIpc) is 2.88. The fourth-order valence-electron chi connectivity index (χ4n) is 5.91. The summed E-state index contributed by atoms with van der Waals surface area (Å²) in [5.74, 6) is 0.198. The van der Waals surface area contributed by atoms with Gasteiger partial charge in [-0.05, 0) is 71.9 Å². The van der Waals surface area contributed by atoms with Crippen LogP contribution in [-0.2, 0) is 9.59 Å². The summed E-state index contributed by atoms with van der Waals surface area (Å²) < 4.78 is 0. The first kappa shape index (κ1) is 31.1. The van der Waals surface area contributed by atoms with Crippen LogP contribution in [0.25, 0.3) is 11.1 Å². The molecule has 0 aromatic heterocycles. The summed E-state index contributed by atoms with van der Waals surface area (Å²) in [4.78, 5) is 35.5. The maximum absolute atomic E-state index is 12.9. The second kappa shape index (κ2) is 12.6. The monoisotopic (exact) mass is 568 g/mol. The number of hydrogen-bond donors (Lipinski definition) is 2. The van der Waals surface area contributed by atoms with E-state index in [4.69, 9.17) is 9.98 Å². The van der Waals surface area contributed by atoms with Gasteiger partial charge in [-0.15, -0.1) is 0 Å². The van der Waals surface area contributed by atoms with E-state index >= 15 is 0 Å². The predicted octanol–water partition coefficient (Wildman–Crippen LogP) is 9.50. The first-order valence-corrected chi connectivity index (χ1v) is 15.1. The van der Waals surface area contributed by atoms with Gasteiger partial charge >= 0.3 is 0 Å². The smallest absolute Gasteiger partial charge is 0.168 e. The Kier molecular flexibility index (Phi) is 9.34. The zero-order valence-electron chi connectivity index (χ0n) is 25.9. The molecular formula is C36H44N2O4. The van der Waals surface area contributed by atoms with Gasteiger partial charge in [-0.3, -0.25) is 19.6 Å². The Labute approximate surface area is 250 Å². The summed E-state index contributed by atoms with van der Waals surface area (Å²) in [5, 5.41) is 21.2. The van der Waals surface area contributed by atoms with Crippen molar-refractivity contribution in [3.05, 3.63) is 71.2 Å². The van der Waals surface area contributed by atoms with E-state index in [-0.39, 0.29) is 33.9 Å². The zero-order chi connectivity index (χ0) is 30.7. The van der Waals surface area contributed by atoms with E-state index in [1.165, 1.54) is 0 Å². The predicted molar refractivity (Wildman–Crippen MR) is 171 cm³/mol. The van der Waals surface area contributed by atoms with E-state index in [1.807, 2.05) is 62.4 Å². The number of allylic oxidation sites excluding steroid dienone is 4. The maximum Gasteiger partial charge on any atom is 0.168 e. The second-order valence-electron chi connectivity index (χ2n) is 13.2. The molecule has 0 amide bonds. The van der Waals surface area contributed by atoms with E-state index in [0.29, 0.717) is 61.1 Å². The Morgan fingerprint density at radius 3 is 1.26 bits per heavy atom. The minimum Gasteiger partial charge on any atom is -0.511 e. The van der Waals surface area contributed by atoms with Crippen molar-refractivity contribution in [3.8, 4) is 11.1 Å². The van der Waals surface area contributed by atoms with Crippen LogP contribution in [0.1, 0.15) is 92.9 Å². The molecule has 6 heteroatoms. The van der Waals surface area contributed by atoms with E-state index in [9.17, 15) is 19.8 Å². The lowest BCUT2D eigenvalue weighted by molar-refractivity contribution is -0.118. The molecule has 0 spiro atoms. The molecule has 42 heavy (non-hydrogen) atoms. The normalized spacial score (nSPS) is 22.9. The number of nitrogens with zero attached hydrogens (tertiary/aromatic N) is 2. The molecule has 0 heterocycles. The van der Waals surface area contributed by atoms with Gasteiger partial charge in [0, 0.05) is 25.7 Å². The summed E-state index contributed by atoms with van der Waals surface area (Å²) in [7, 11) is 0. The standard InChI is InChI=1S/C36H44N2O4/c1-7-9-29(39)33-27(19-35(3,4)21-31(33)41)37-25-15-11-23(12-16-25)24-13-17-26(18-14-24)38-28-20-36(5,6)22-32(42)34(28)30(40)10-8-2/h11-18,39-40H,7-10,19-22H2,1-6H3/b33-29-,34-30+,37-27?,38-28?. The number of rotatable bonds is 7. The van der Waals surface area contributed by atoms with Gasteiger partial charge in [0.25, 0.3) is 0 Å². The number of hydrogen-bond acceptors (Lipinski definition) is 6. The van der Waals surface area contributed by atoms with Crippen LogP contribution in [0.5, 0.6) is 0 Å². The van der Waals surface area contributed by atoms with Gasteiger partial charge in [-0.1, -0.05) is 65.8 Å². The number of aliphatic hydroxyl groups excluding tert-OH is 2. The first-order chi connectivity index (χ1) is 19.8. The molecule has 0 unspecified atom stereocenters. The van der Waals surface area contributed by atoms with Gasteiger partial charge in [0.05, 0.1) is 33.9 Å². The third-order valence-corrected chi connectivity index (χ3v) is 7.85. The van der Waals surface area contributed by atoms with Crippen molar-refractivity contribution in [1.82, 2.24) is 0 Å². The van der Waals surface area contributed by atoms with Crippen molar-refractivity contribution in [2.45, 2.75) is 92.9 Å². The number of benzene rings is 2. The fourth-order valence-corrected chi connectivity index (χ4v) is 5.91. The van der Waals surface area contributed by atoms with E-state index in [2.05, 4.69) is 27.7 Å². The molecular weight excluding hydrogens is 524 g/mol. The molecule has 2 N–H and O–H groups in total. The number of aliphatic hydroxyl groups is 2. The lowest BCUT2D eigenvalue weighted by Crippen LogP contribution is -2.32. The highest BCUT2D eigenvalue weighted by Crippen LogP contribution is 2.38. The molecule has 0 radical (unpaired) electrons. The molecule has 2 aromatic rings. The van der Waals surface area contributed by atoms with Gasteiger partial charge in [-0.2, -0.15) is 0 Å². The highest BCUT2D eigenvalue weighted by Gasteiger charge is 2.37. The van der Waals surface area contributed by atoms with Crippen LogP contribution >= 0.6 is 0 Å². The topological polar surface area (TPSA) is 99.3 Å². The molecule has 222 valence electrons. The van der Waals surface area contributed by atoms with Crippen LogP contribution in [-0.4, -0.2) is 33.2 Å². The largest absolute Gasteiger partial charge is 0.511 e. The van der Waals surface area contributed by atoms with E-state index < -0.39 is 0 Å². The number of aliphatic imine (C=N–C) groups is 2. The Morgan fingerprint density at radius 2 is 0.952 bits per heavy atom. The molecule has 0 bridgehead atoms. The highest BCUT2D eigenvalue weighted by atomic mass is 16.3. The Balaban J connectivity index is 1.60. The summed E-state index contributed by atoms with van der Waals surface area (Å²) in [5.41, 5.74) is 5.17. The molecule has 2 saturated carbocycles. The molecule has 0 saturated heterocycles. The molecule has 2 aromatic carbocycles. The van der Waals surface area contributed by atoms with Crippen LogP contribution in [0.2, 0.25) is 0 Å². The van der Waals surface area contributed by atoms with E-state index in [0.717, 1.165) is 35.3 Å². The molecule has 2 aliphatic rings. The van der Waals surface area contributed by atoms with Crippen LogP contribution < -0.4 is 0 Å². The zero-order valence-corrected chi connectivity index (χ0v) is 25.9. The van der Waals surface area contributed by atoms with Crippen molar-refractivity contribution in [3.63, 3.8) is 0 Å². The Hall–Kier alpha value is -3.80. The summed E-state index contributed by atoms with van der Waals surface area (Å²) >= 11 is 0. The van der Waals surface area contributed by atoms with Gasteiger partial charge < -0.3 is 10.2 Å². The van der Waals surface area contributed by atoms with Crippen molar-refractivity contribution < 1.29 is 19.8 Å². The van der Waals surface area contributed by atoms with Crippen LogP contribution in [0.3, 0.4) is 0 Å². The number of ketones is 2. The summed E-state index contributed by atoms with van der Waals surface area (Å²) in [6.07, 6.45) is 4.51. The molecule has 4 rings (SSSR count). The van der Waals surface area contributed by atoms with Gasteiger partial charge in [-0.25, -0.2) is 0 Å². The molecule has 2 fully saturated rings. The maximum atomic E-state index is 12.9. The second-order valence-corrected chi connectivity index (χ2v) is 13.2. The molecule has 2 aliphatic carbocycles. The quantitative estimate of drug-likeness (QED) is 0.257. The number of carbonyl (C=O) groups is 2. The molecule has 0 aliphatic heterocycles. The van der Waals surface area contributed by atoms with E-state index in [1.54, 1.807) is 0 Å². The number of Topliss-reactive ketones (excluding diaryl/α,β-unsaturated/α-hetero) is 2. The van der Waals surface area contributed by atoms with Crippen molar-refractivity contribution in [2.75, 3.05) is 0 Å². The SMILES string of the molecule is CCC/C(O)=C1/C(=O)CC(C)(C)CC1=Nc1ccc(-c2ccc(N=C3CC(C)(C)CC(=O)/C3=C(/O)CCC)cc2)cc1. The summed E-state index contributed by atoms with van der Waals surface area (Å²) in [6, 6.07) is 15.7. The third-order valence-electron chi connectivity index (χ3n) is 7.85. The lowest BCUT2D eigenvalue weighted by Gasteiger charge is -2.31. The van der Waals surface area contributed by atoms with Crippen LogP contribution in [0, 0.1) is 10.8 Å². The first-order valence-electron chi connectivity index (χ1n) is 15.1. The molecule has 6 nitrogen and oxygen atoms in total. The minimum absolute atomic E-state index is 0.0411. The molecule has 0 atom stereocenters. The fraction of sp³-hybridized carbons (Fsp3) is 0.444. The third kappa shape index (κ3) is 7.33. The highest BCUT2D eigenvalue weighted by molar-refractivity contribution is 6.26. The van der Waals surface area contributed by atoms with Crippen molar-refractivity contribution >= 4 is 34.4 Å². The van der Waals surface area contributed by atoms with Crippen molar-refractivity contribution in [1.29, 1.82) is 0 Å².